The van der Waals surface area contributed by atoms with Crippen molar-refractivity contribution in [3.63, 3.8) is 0 Å². The van der Waals surface area contributed by atoms with Crippen molar-refractivity contribution in [1.82, 2.24) is 4.31 Å². The van der Waals surface area contributed by atoms with Crippen LogP contribution < -0.4 is 0 Å². The van der Waals surface area contributed by atoms with Crippen molar-refractivity contribution in [1.29, 1.82) is 0 Å². The van der Waals surface area contributed by atoms with E-state index in [1.807, 2.05) is 13.8 Å². The third kappa shape index (κ3) is 3.95. The van der Waals surface area contributed by atoms with Gasteiger partial charge in [-0.1, -0.05) is 6.92 Å². The molecule has 0 aliphatic rings. The normalized spacial score (nSPS) is 13.9. The minimum absolute atomic E-state index is 0.0699. The quantitative estimate of drug-likeness (QED) is 0.692. The highest BCUT2D eigenvalue weighted by Crippen LogP contribution is 2.22. The van der Waals surface area contributed by atoms with Gasteiger partial charge in [-0.15, -0.1) is 11.6 Å². The maximum absolute atomic E-state index is 12.5. The lowest BCUT2D eigenvalue weighted by molar-refractivity contribution is 0.166. The van der Waals surface area contributed by atoms with Crippen LogP contribution in [0.5, 0.6) is 0 Å². The van der Waals surface area contributed by atoms with Crippen LogP contribution in [0.1, 0.15) is 26.0 Å². The average Bonchev–Trinajstić information content (AvgIpc) is 2.88. The fourth-order valence-electron chi connectivity index (χ4n) is 1.65. The zero-order chi connectivity index (χ0) is 14.5. The molecule has 1 atom stereocenters. The Bertz CT molecular complexity index is 486. The molecule has 1 heterocycles. The maximum Gasteiger partial charge on any atom is 0.276 e. The van der Waals surface area contributed by atoms with Crippen molar-refractivity contribution in [3.05, 3.63) is 17.9 Å². The van der Waals surface area contributed by atoms with Crippen molar-refractivity contribution in [2.24, 2.45) is 0 Å². The number of hydrogen-bond acceptors (Lipinski definition) is 4. The van der Waals surface area contributed by atoms with Crippen molar-refractivity contribution in [2.45, 2.75) is 37.3 Å². The number of sulfonamides is 1. The molecule has 1 aromatic heterocycles. The van der Waals surface area contributed by atoms with Crippen LogP contribution in [0.4, 0.5) is 0 Å². The van der Waals surface area contributed by atoms with E-state index in [9.17, 15) is 8.42 Å². The molecule has 0 aliphatic carbocycles. The monoisotopic (exact) mass is 309 g/mol. The van der Waals surface area contributed by atoms with E-state index >= 15 is 0 Å². The van der Waals surface area contributed by atoms with Gasteiger partial charge in [0.1, 0.15) is 5.76 Å². The fourth-order valence-corrected chi connectivity index (χ4v) is 3.41. The second-order valence-electron chi connectivity index (χ2n) is 4.22. The maximum atomic E-state index is 12.5. The molecule has 0 aromatic carbocycles. The zero-order valence-electron chi connectivity index (χ0n) is 11.4. The average molecular weight is 310 g/mol. The first kappa shape index (κ1) is 16.5. The predicted molar refractivity (Wildman–Crippen MR) is 73.8 cm³/mol. The zero-order valence-corrected chi connectivity index (χ0v) is 13.0. The van der Waals surface area contributed by atoms with Gasteiger partial charge in [0.05, 0.1) is 12.5 Å². The lowest BCUT2D eigenvalue weighted by Crippen LogP contribution is -2.40. The number of halogens is 1. The molecule has 0 N–H and O–H groups in total. The first-order chi connectivity index (χ1) is 8.97. The number of furan rings is 1. The highest BCUT2D eigenvalue weighted by atomic mass is 35.5. The number of nitrogens with zero attached hydrogens (tertiary/aromatic N) is 1. The molecule has 0 aliphatic heterocycles. The van der Waals surface area contributed by atoms with Crippen molar-refractivity contribution in [2.75, 3.05) is 20.3 Å². The molecule has 5 nitrogen and oxygen atoms in total. The van der Waals surface area contributed by atoms with E-state index in [0.717, 1.165) is 0 Å². The molecule has 1 aromatic rings. The van der Waals surface area contributed by atoms with Gasteiger partial charge >= 0.3 is 0 Å². The van der Waals surface area contributed by atoms with Crippen molar-refractivity contribution in [3.8, 4) is 0 Å². The van der Waals surface area contributed by atoms with E-state index in [0.29, 0.717) is 25.3 Å². The van der Waals surface area contributed by atoms with Crippen molar-refractivity contribution < 1.29 is 17.6 Å². The first-order valence-corrected chi connectivity index (χ1v) is 8.10. The third-order valence-electron chi connectivity index (χ3n) is 2.93. The molecule has 0 saturated carbocycles. The highest BCUT2D eigenvalue weighted by molar-refractivity contribution is 7.89. The number of alkyl halides is 1. The summed E-state index contributed by atoms with van der Waals surface area (Å²) in [6, 6.07) is 2.89. The van der Waals surface area contributed by atoms with Gasteiger partial charge in [-0.3, -0.25) is 0 Å². The van der Waals surface area contributed by atoms with E-state index in [2.05, 4.69) is 0 Å². The van der Waals surface area contributed by atoms with Crippen LogP contribution >= 0.6 is 11.6 Å². The molecule has 0 fully saturated rings. The number of rotatable bonds is 8. The Kier molecular flexibility index (Phi) is 6.32. The Morgan fingerprint density at radius 2 is 2.16 bits per heavy atom. The summed E-state index contributed by atoms with van der Waals surface area (Å²) in [5.74, 6) is 0.591. The molecule has 0 spiro atoms. The molecule has 0 amide bonds. The van der Waals surface area contributed by atoms with Gasteiger partial charge < -0.3 is 9.15 Å². The number of ether oxygens (including phenoxy) is 1. The second kappa shape index (κ2) is 7.28. The topological polar surface area (TPSA) is 59.8 Å². The van der Waals surface area contributed by atoms with E-state index in [-0.39, 0.29) is 17.0 Å². The van der Waals surface area contributed by atoms with Gasteiger partial charge in [0.2, 0.25) is 5.09 Å². The molecular formula is C12H20ClNO4S. The molecule has 0 radical (unpaired) electrons. The Labute approximate surface area is 119 Å². The van der Waals surface area contributed by atoms with Crippen LogP contribution in [0.25, 0.3) is 0 Å². The Morgan fingerprint density at radius 1 is 1.47 bits per heavy atom. The molecule has 0 bridgehead atoms. The van der Waals surface area contributed by atoms with Crippen molar-refractivity contribution >= 4 is 21.6 Å². The van der Waals surface area contributed by atoms with E-state index in [1.165, 1.54) is 10.4 Å². The van der Waals surface area contributed by atoms with E-state index in [4.69, 9.17) is 20.8 Å². The summed E-state index contributed by atoms with van der Waals surface area (Å²) >= 11 is 5.62. The Hall–Kier alpha value is -0.560. The van der Waals surface area contributed by atoms with Crippen LogP contribution in [-0.2, 0) is 20.6 Å². The minimum Gasteiger partial charge on any atom is -0.447 e. The molecule has 110 valence electrons. The summed E-state index contributed by atoms with van der Waals surface area (Å²) < 4.78 is 36.6. The first-order valence-electron chi connectivity index (χ1n) is 6.12. The fraction of sp³-hybridized carbons (Fsp3) is 0.667. The van der Waals surface area contributed by atoms with Crippen LogP contribution in [0.3, 0.4) is 0 Å². The van der Waals surface area contributed by atoms with Gasteiger partial charge in [-0.2, -0.15) is 4.31 Å². The Morgan fingerprint density at radius 3 is 2.63 bits per heavy atom. The standard InChI is InChI=1S/C12H20ClNO4S/c1-4-10(2)14(7-8-17-3)19(15,16)12-6-5-11(9-13)18-12/h5-6,10H,4,7-9H2,1-3H3. The molecule has 7 heteroatoms. The summed E-state index contributed by atoms with van der Waals surface area (Å²) in [7, 11) is -2.10. The highest BCUT2D eigenvalue weighted by Gasteiger charge is 2.30. The lowest BCUT2D eigenvalue weighted by atomic mass is 10.3. The minimum atomic E-state index is -3.65. The number of hydrogen-bond donors (Lipinski definition) is 0. The summed E-state index contributed by atoms with van der Waals surface area (Å²) in [6.45, 7) is 4.43. The van der Waals surface area contributed by atoms with Gasteiger partial charge in [-0.25, -0.2) is 8.42 Å². The molecule has 1 unspecified atom stereocenters. The largest absolute Gasteiger partial charge is 0.447 e. The molecule has 1 rings (SSSR count). The van der Waals surface area contributed by atoms with Gasteiger partial charge in [0.15, 0.2) is 0 Å². The van der Waals surface area contributed by atoms with Gasteiger partial charge in [-0.05, 0) is 25.5 Å². The smallest absolute Gasteiger partial charge is 0.276 e. The molecular weight excluding hydrogens is 290 g/mol. The summed E-state index contributed by atoms with van der Waals surface area (Å²) in [4.78, 5) is 0. The summed E-state index contributed by atoms with van der Waals surface area (Å²) in [5, 5.41) is -0.0699. The molecule has 19 heavy (non-hydrogen) atoms. The van der Waals surface area contributed by atoms with Crippen LogP contribution in [-0.4, -0.2) is 39.0 Å². The van der Waals surface area contributed by atoms with Crippen LogP contribution in [0.15, 0.2) is 21.6 Å². The molecule has 0 saturated heterocycles. The Balaban J connectivity index is 3.04. The van der Waals surface area contributed by atoms with E-state index in [1.54, 1.807) is 13.2 Å². The summed E-state index contributed by atoms with van der Waals surface area (Å²) in [5.41, 5.74) is 0. The SMILES string of the molecule is CCC(C)N(CCOC)S(=O)(=O)c1ccc(CCl)o1. The van der Waals surface area contributed by atoms with E-state index < -0.39 is 10.0 Å². The predicted octanol–water partition coefficient (Wildman–Crippen LogP) is 2.45. The van der Waals surface area contributed by atoms with Gasteiger partial charge in [0, 0.05) is 19.7 Å². The summed E-state index contributed by atoms with van der Waals surface area (Å²) in [6.07, 6.45) is 0.714. The van der Waals surface area contributed by atoms with Crippen LogP contribution in [0, 0.1) is 0 Å². The number of methoxy groups -OCH3 is 1. The lowest BCUT2D eigenvalue weighted by Gasteiger charge is -2.26. The van der Waals surface area contributed by atoms with Crippen LogP contribution in [0.2, 0.25) is 0 Å². The van der Waals surface area contributed by atoms with Gasteiger partial charge in [0.25, 0.3) is 10.0 Å². The third-order valence-corrected chi connectivity index (χ3v) is 5.08. The second-order valence-corrected chi connectivity index (χ2v) is 6.31.